The first-order valence-electron chi connectivity index (χ1n) is 11.8. The number of hydrogen-bond donors (Lipinski definition) is 2. The first kappa shape index (κ1) is 26.4. The molecule has 2 atom stereocenters. The average Bonchev–Trinajstić information content (AvgIpc) is 3.02. The van der Waals surface area contributed by atoms with Crippen LogP contribution >= 0.6 is 0 Å². The molecule has 1 saturated heterocycles. The third kappa shape index (κ3) is 6.07. The van der Waals surface area contributed by atoms with E-state index in [-0.39, 0.29) is 23.5 Å². The number of fused-ring (bicyclic) bond motifs is 1. The second-order valence-corrected chi connectivity index (χ2v) is 13.2. The van der Waals surface area contributed by atoms with Crippen LogP contribution < -0.4 is 10.0 Å². The SMILES string of the molecule is CNC(=O)C#Cc1ccc2c(c1)[C@@H](N[S+]([O-])C(C)(C)C)C1(CCN(C(=O)OC(C)(C)C)CC1)C2. The summed E-state index contributed by atoms with van der Waals surface area (Å²) in [6, 6.07) is 5.87. The van der Waals surface area contributed by atoms with Gasteiger partial charge < -0.3 is 19.5 Å². The molecule has 1 aliphatic carbocycles. The predicted molar refractivity (Wildman–Crippen MR) is 134 cm³/mol. The summed E-state index contributed by atoms with van der Waals surface area (Å²) in [7, 11) is 1.55. The van der Waals surface area contributed by atoms with Gasteiger partial charge in [0.15, 0.2) is 0 Å². The van der Waals surface area contributed by atoms with E-state index in [2.05, 4.69) is 27.9 Å². The monoisotopic (exact) mass is 487 g/mol. The number of hydrogen-bond acceptors (Lipinski definition) is 5. The summed E-state index contributed by atoms with van der Waals surface area (Å²) in [5, 5.41) is 2.51. The fraction of sp³-hybridized carbons (Fsp3) is 0.615. The molecule has 34 heavy (non-hydrogen) atoms. The number of benzene rings is 1. The topological polar surface area (TPSA) is 93.7 Å². The highest BCUT2D eigenvalue weighted by atomic mass is 32.2. The van der Waals surface area contributed by atoms with Crippen LogP contribution in [0.1, 0.15) is 77.1 Å². The third-order valence-electron chi connectivity index (χ3n) is 6.35. The zero-order valence-electron chi connectivity index (χ0n) is 21.3. The molecule has 7 nitrogen and oxygen atoms in total. The fourth-order valence-electron chi connectivity index (χ4n) is 4.50. The van der Waals surface area contributed by atoms with E-state index in [1.165, 1.54) is 5.56 Å². The van der Waals surface area contributed by atoms with Crippen molar-refractivity contribution in [2.45, 2.75) is 77.2 Å². The standard InChI is InChI=1S/C26H37N3O4S/c1-24(2,3)33-23(31)29-14-12-26(13-15-29)17-19-10-8-18(9-11-21(30)27-7)16-20(19)22(26)28-34(32)25(4,5)6/h8,10,16,22,28H,12-15,17H2,1-7H3,(H,27,30)/t22-,34?/m1/s1. The van der Waals surface area contributed by atoms with Crippen molar-refractivity contribution in [3.8, 4) is 11.8 Å². The molecule has 0 bridgehead atoms. The van der Waals surface area contributed by atoms with Crippen LogP contribution in [0.2, 0.25) is 0 Å². The maximum atomic E-state index is 13.2. The Kier molecular flexibility index (Phi) is 7.61. The first-order chi connectivity index (χ1) is 15.7. The molecule has 1 fully saturated rings. The minimum absolute atomic E-state index is 0.134. The minimum atomic E-state index is -1.27. The lowest BCUT2D eigenvalue weighted by Crippen LogP contribution is -2.51. The van der Waals surface area contributed by atoms with Gasteiger partial charge in [-0.3, -0.25) is 4.79 Å². The number of piperidine rings is 1. The predicted octanol–water partition coefficient (Wildman–Crippen LogP) is 3.45. The van der Waals surface area contributed by atoms with Crippen LogP contribution in [0.3, 0.4) is 0 Å². The lowest BCUT2D eigenvalue weighted by molar-refractivity contribution is -0.115. The fourth-order valence-corrected chi connectivity index (χ4v) is 5.45. The smallest absolute Gasteiger partial charge is 0.410 e. The van der Waals surface area contributed by atoms with E-state index < -0.39 is 21.7 Å². The lowest BCUT2D eigenvalue weighted by atomic mass is 9.73. The van der Waals surface area contributed by atoms with Gasteiger partial charge in [0, 0.05) is 48.4 Å². The summed E-state index contributed by atoms with van der Waals surface area (Å²) in [6.07, 6.45) is 2.11. The van der Waals surface area contributed by atoms with Crippen molar-refractivity contribution in [2.75, 3.05) is 20.1 Å². The molecule has 2 N–H and O–H groups in total. The summed E-state index contributed by atoms with van der Waals surface area (Å²) in [6.45, 7) is 12.7. The molecule has 1 heterocycles. The Hall–Kier alpha value is -2.21. The van der Waals surface area contributed by atoms with E-state index in [0.717, 1.165) is 30.4 Å². The Morgan fingerprint density at radius 3 is 2.38 bits per heavy atom. The second kappa shape index (κ2) is 9.80. The van der Waals surface area contributed by atoms with Crippen LogP contribution in [-0.4, -0.2) is 51.9 Å². The maximum absolute atomic E-state index is 13.2. The molecule has 2 amide bonds. The Morgan fingerprint density at radius 1 is 1.18 bits per heavy atom. The van der Waals surface area contributed by atoms with Crippen molar-refractivity contribution in [3.05, 3.63) is 34.9 Å². The van der Waals surface area contributed by atoms with Crippen LogP contribution in [-0.2, 0) is 27.3 Å². The van der Waals surface area contributed by atoms with Gasteiger partial charge in [-0.05, 0) is 84.1 Å². The zero-order chi connectivity index (χ0) is 25.3. The van der Waals surface area contributed by atoms with Crippen molar-refractivity contribution < 1.29 is 18.9 Å². The van der Waals surface area contributed by atoms with E-state index in [0.29, 0.717) is 13.1 Å². The number of ether oxygens (including phenoxy) is 1. The Morgan fingerprint density at radius 2 is 1.82 bits per heavy atom. The first-order valence-corrected chi connectivity index (χ1v) is 12.9. The Labute approximate surface area is 206 Å². The minimum Gasteiger partial charge on any atom is -0.598 e. The molecular formula is C26H37N3O4S. The van der Waals surface area contributed by atoms with Gasteiger partial charge in [0.1, 0.15) is 10.3 Å². The highest BCUT2D eigenvalue weighted by Gasteiger charge is 2.51. The van der Waals surface area contributed by atoms with Gasteiger partial charge in [-0.15, -0.1) is 4.72 Å². The molecule has 8 heteroatoms. The number of nitrogens with zero attached hydrogens (tertiary/aromatic N) is 1. The summed E-state index contributed by atoms with van der Waals surface area (Å²) in [5.41, 5.74) is 2.33. The number of carbonyl (C=O) groups excluding carboxylic acids is 2. The quantitative estimate of drug-likeness (QED) is 0.492. The van der Waals surface area contributed by atoms with E-state index >= 15 is 0 Å². The van der Waals surface area contributed by atoms with Crippen LogP contribution in [0.5, 0.6) is 0 Å². The van der Waals surface area contributed by atoms with Gasteiger partial charge in [0.25, 0.3) is 5.91 Å². The molecule has 0 radical (unpaired) electrons. The molecule has 0 saturated carbocycles. The molecule has 3 rings (SSSR count). The largest absolute Gasteiger partial charge is 0.598 e. The molecule has 1 aliphatic heterocycles. The van der Waals surface area contributed by atoms with Crippen molar-refractivity contribution in [1.82, 2.24) is 14.9 Å². The normalized spacial score (nSPS) is 20.2. The van der Waals surface area contributed by atoms with Gasteiger partial charge in [0.2, 0.25) is 0 Å². The number of nitrogens with one attached hydrogen (secondary N) is 2. The number of amides is 2. The van der Waals surface area contributed by atoms with Gasteiger partial charge in [0.05, 0.1) is 6.04 Å². The van der Waals surface area contributed by atoms with E-state index in [4.69, 9.17) is 4.74 Å². The van der Waals surface area contributed by atoms with Gasteiger partial charge in [-0.1, -0.05) is 12.0 Å². The van der Waals surface area contributed by atoms with Crippen molar-refractivity contribution >= 4 is 23.4 Å². The van der Waals surface area contributed by atoms with Crippen molar-refractivity contribution in [2.24, 2.45) is 5.41 Å². The average molecular weight is 488 g/mol. The van der Waals surface area contributed by atoms with Crippen LogP contribution in [0.15, 0.2) is 18.2 Å². The number of rotatable bonds is 2. The Balaban J connectivity index is 1.88. The summed E-state index contributed by atoms with van der Waals surface area (Å²) < 4.78 is 21.7. The van der Waals surface area contributed by atoms with E-state index in [1.54, 1.807) is 11.9 Å². The van der Waals surface area contributed by atoms with Crippen molar-refractivity contribution in [1.29, 1.82) is 0 Å². The van der Waals surface area contributed by atoms with Crippen LogP contribution in [0.4, 0.5) is 4.79 Å². The summed E-state index contributed by atoms with van der Waals surface area (Å²) in [5.74, 6) is 5.18. The molecule has 1 aromatic carbocycles. The highest BCUT2D eigenvalue weighted by molar-refractivity contribution is 7.90. The molecule has 1 unspecified atom stereocenters. The Bertz CT molecular complexity index is 992. The molecule has 186 valence electrons. The molecule has 1 spiro atoms. The van der Waals surface area contributed by atoms with Gasteiger partial charge >= 0.3 is 6.09 Å². The molecule has 2 aliphatic rings. The highest BCUT2D eigenvalue weighted by Crippen LogP contribution is 2.53. The second-order valence-electron chi connectivity index (χ2n) is 11.2. The zero-order valence-corrected chi connectivity index (χ0v) is 22.1. The molecular weight excluding hydrogens is 450 g/mol. The lowest BCUT2D eigenvalue weighted by Gasteiger charge is -2.43. The summed E-state index contributed by atoms with van der Waals surface area (Å²) in [4.78, 5) is 26.0. The van der Waals surface area contributed by atoms with Gasteiger partial charge in [-0.25, -0.2) is 4.79 Å². The van der Waals surface area contributed by atoms with Crippen LogP contribution in [0.25, 0.3) is 0 Å². The number of likely N-dealkylation sites (tertiary alicyclic amines) is 1. The van der Waals surface area contributed by atoms with E-state index in [9.17, 15) is 14.1 Å². The third-order valence-corrected chi connectivity index (χ3v) is 7.91. The van der Waals surface area contributed by atoms with Crippen molar-refractivity contribution in [3.63, 3.8) is 0 Å². The van der Waals surface area contributed by atoms with E-state index in [1.807, 2.05) is 53.7 Å². The van der Waals surface area contributed by atoms with Crippen LogP contribution in [0, 0.1) is 17.3 Å². The molecule has 0 aromatic heterocycles. The number of carbonyl (C=O) groups is 2. The van der Waals surface area contributed by atoms with Gasteiger partial charge in [-0.2, -0.15) is 0 Å². The molecule has 1 aromatic rings. The summed E-state index contributed by atoms with van der Waals surface area (Å²) >= 11 is -1.27. The maximum Gasteiger partial charge on any atom is 0.410 e.